The van der Waals surface area contributed by atoms with Gasteiger partial charge in [0.15, 0.2) is 6.21 Å². The van der Waals surface area contributed by atoms with Crippen molar-refractivity contribution in [1.82, 2.24) is 0 Å². The van der Waals surface area contributed by atoms with Gasteiger partial charge in [-0.2, -0.15) is 4.58 Å². The lowest BCUT2D eigenvalue weighted by atomic mass is 10.1. The molecule has 0 saturated carbocycles. The van der Waals surface area contributed by atoms with E-state index >= 15 is 0 Å². The largest absolute Gasteiger partial charge is 0.435 e. The number of para-hydroxylation sites is 1. The fraction of sp³-hybridized carbons (Fsp3) is 0.235. The van der Waals surface area contributed by atoms with Crippen LogP contribution < -0.4 is 9.64 Å². The Hall–Kier alpha value is -2.29. The molecule has 0 aromatic heterocycles. The first-order valence-corrected chi connectivity index (χ1v) is 6.76. The van der Waals surface area contributed by atoms with E-state index in [2.05, 4.69) is 65.1 Å². The number of rotatable bonds is 2. The van der Waals surface area contributed by atoms with Gasteiger partial charge in [0, 0.05) is 31.9 Å². The van der Waals surface area contributed by atoms with E-state index in [9.17, 15) is 0 Å². The Bertz CT molecular complexity index is 674. The highest BCUT2D eigenvalue weighted by Gasteiger charge is 2.20. The summed E-state index contributed by atoms with van der Waals surface area (Å²) in [7, 11) is 4.10. The van der Waals surface area contributed by atoms with Crippen LogP contribution in [0.25, 0.3) is 0 Å². The summed E-state index contributed by atoms with van der Waals surface area (Å²) in [6.45, 7) is 2.63. The molecule has 0 aliphatic carbocycles. The Kier molecular flexibility index (Phi) is 3.18. The van der Waals surface area contributed by atoms with Crippen LogP contribution in [0.5, 0.6) is 5.75 Å². The Morgan fingerprint density at radius 1 is 1.10 bits per heavy atom. The molecule has 20 heavy (non-hydrogen) atoms. The number of aryl methyl sites for hydroxylation is 1. The van der Waals surface area contributed by atoms with Gasteiger partial charge in [0.1, 0.15) is 5.75 Å². The average Bonchev–Trinajstić information content (AvgIpc) is 2.47. The van der Waals surface area contributed by atoms with E-state index in [-0.39, 0.29) is 0 Å². The molecule has 0 atom stereocenters. The molecule has 0 unspecified atom stereocenters. The summed E-state index contributed by atoms with van der Waals surface area (Å²) in [6.07, 6.45) is 2.15. The molecule has 0 spiro atoms. The summed E-state index contributed by atoms with van der Waals surface area (Å²) in [5.74, 6) is 0.993. The van der Waals surface area contributed by atoms with Crippen molar-refractivity contribution in [2.45, 2.75) is 6.92 Å². The van der Waals surface area contributed by atoms with E-state index in [0.717, 1.165) is 17.0 Å². The fourth-order valence-corrected chi connectivity index (χ4v) is 2.41. The number of hydrogen-bond donors (Lipinski definition) is 0. The molecule has 2 aromatic carbocycles. The van der Waals surface area contributed by atoms with E-state index in [1.54, 1.807) is 0 Å². The highest BCUT2D eigenvalue weighted by molar-refractivity contribution is 5.82. The van der Waals surface area contributed by atoms with E-state index in [1.165, 1.54) is 11.3 Å². The number of ether oxygens (including phenoxy) is 1. The Balaban J connectivity index is 2.02. The first-order valence-electron chi connectivity index (χ1n) is 6.76. The second kappa shape index (κ2) is 5.00. The third-order valence-electron chi connectivity index (χ3n) is 3.56. The third-order valence-corrected chi connectivity index (χ3v) is 3.56. The lowest BCUT2D eigenvalue weighted by Gasteiger charge is -2.16. The van der Waals surface area contributed by atoms with Crippen LogP contribution in [0, 0.1) is 6.92 Å². The lowest BCUT2D eigenvalue weighted by molar-refractivity contribution is -0.476. The molecule has 3 heteroatoms. The molecule has 2 aromatic rings. The molecule has 0 amide bonds. The molecule has 0 radical (unpaired) electrons. The summed E-state index contributed by atoms with van der Waals surface area (Å²) in [5, 5.41) is 0. The predicted octanol–water partition coefficient (Wildman–Crippen LogP) is 3.17. The van der Waals surface area contributed by atoms with E-state index < -0.39 is 0 Å². The molecule has 1 heterocycles. The normalized spacial score (nSPS) is 13.2. The van der Waals surface area contributed by atoms with Crippen molar-refractivity contribution in [2.24, 2.45) is 0 Å². The van der Waals surface area contributed by atoms with Crippen LogP contribution in [0.2, 0.25) is 0 Å². The maximum absolute atomic E-state index is 5.90. The molecular formula is C17H19N2O+. The predicted molar refractivity (Wildman–Crippen MR) is 82.5 cm³/mol. The maximum atomic E-state index is 5.90. The standard InChI is InChI=1S/C17H19N2O/c1-13-6-4-7-14-11-19(12-20-17(13)14)16-9-5-8-15(10-16)18(2)3/h4-11H,12H2,1-3H3/q+1. The van der Waals surface area contributed by atoms with Gasteiger partial charge in [-0.3, -0.25) is 0 Å². The zero-order valence-electron chi connectivity index (χ0n) is 12.1. The van der Waals surface area contributed by atoms with Crippen LogP contribution in [0.4, 0.5) is 11.4 Å². The molecular weight excluding hydrogens is 248 g/mol. The highest BCUT2D eigenvalue weighted by atomic mass is 16.5. The van der Waals surface area contributed by atoms with Crippen LogP contribution in [0.1, 0.15) is 11.1 Å². The van der Waals surface area contributed by atoms with Gasteiger partial charge < -0.3 is 9.64 Å². The smallest absolute Gasteiger partial charge is 0.292 e. The zero-order chi connectivity index (χ0) is 14.1. The van der Waals surface area contributed by atoms with E-state index in [0.29, 0.717) is 6.73 Å². The SMILES string of the molecule is Cc1cccc2c1OC[N+](c1cccc(N(C)C)c1)=C2. The fourth-order valence-electron chi connectivity index (χ4n) is 2.41. The summed E-state index contributed by atoms with van der Waals surface area (Å²) < 4.78 is 8.04. The van der Waals surface area contributed by atoms with Crippen LogP contribution in [0.3, 0.4) is 0 Å². The van der Waals surface area contributed by atoms with Gasteiger partial charge in [-0.05, 0) is 24.6 Å². The van der Waals surface area contributed by atoms with Crippen molar-refractivity contribution in [3.05, 3.63) is 53.6 Å². The van der Waals surface area contributed by atoms with Gasteiger partial charge in [0.05, 0.1) is 5.56 Å². The first kappa shape index (κ1) is 12.7. The minimum atomic E-state index is 0.550. The second-order valence-corrected chi connectivity index (χ2v) is 5.28. The number of hydrogen-bond acceptors (Lipinski definition) is 2. The van der Waals surface area contributed by atoms with Crippen LogP contribution in [-0.2, 0) is 0 Å². The average molecular weight is 267 g/mol. The topological polar surface area (TPSA) is 15.5 Å². The van der Waals surface area contributed by atoms with Gasteiger partial charge in [-0.15, -0.1) is 0 Å². The third kappa shape index (κ3) is 2.27. The van der Waals surface area contributed by atoms with Crippen LogP contribution >= 0.6 is 0 Å². The summed E-state index contributed by atoms with van der Waals surface area (Å²) in [6, 6.07) is 14.7. The molecule has 0 saturated heterocycles. The minimum absolute atomic E-state index is 0.550. The molecule has 1 aliphatic rings. The van der Waals surface area contributed by atoms with Crippen LogP contribution in [0.15, 0.2) is 42.5 Å². The van der Waals surface area contributed by atoms with Crippen LogP contribution in [-0.4, -0.2) is 31.6 Å². The number of nitrogens with zero attached hydrogens (tertiary/aromatic N) is 2. The van der Waals surface area contributed by atoms with Gasteiger partial charge in [-0.1, -0.05) is 18.2 Å². The summed E-state index contributed by atoms with van der Waals surface area (Å²) in [4.78, 5) is 2.10. The monoisotopic (exact) mass is 267 g/mol. The minimum Gasteiger partial charge on any atom is -0.435 e. The van der Waals surface area contributed by atoms with Crippen molar-refractivity contribution in [3.8, 4) is 5.75 Å². The van der Waals surface area contributed by atoms with Gasteiger partial charge in [-0.25, -0.2) is 0 Å². The van der Waals surface area contributed by atoms with Crippen molar-refractivity contribution in [2.75, 3.05) is 25.7 Å². The highest BCUT2D eigenvalue weighted by Crippen LogP contribution is 2.27. The first-order chi connectivity index (χ1) is 9.65. The van der Waals surface area contributed by atoms with Crippen molar-refractivity contribution >= 4 is 17.6 Å². The van der Waals surface area contributed by atoms with E-state index in [4.69, 9.17) is 4.74 Å². The zero-order valence-corrected chi connectivity index (χ0v) is 12.1. The molecule has 3 nitrogen and oxygen atoms in total. The quantitative estimate of drug-likeness (QED) is 0.777. The van der Waals surface area contributed by atoms with Crippen molar-refractivity contribution < 1.29 is 9.31 Å². The molecule has 1 aliphatic heterocycles. The molecule has 102 valence electrons. The van der Waals surface area contributed by atoms with Gasteiger partial charge in [0.25, 0.3) is 6.73 Å². The summed E-state index contributed by atoms with van der Waals surface area (Å²) >= 11 is 0. The Labute approximate surface area is 119 Å². The Morgan fingerprint density at radius 2 is 1.90 bits per heavy atom. The number of anilines is 1. The maximum Gasteiger partial charge on any atom is 0.292 e. The summed E-state index contributed by atoms with van der Waals surface area (Å²) in [5.41, 5.74) is 4.64. The molecule has 3 rings (SSSR count). The lowest BCUT2D eigenvalue weighted by Crippen LogP contribution is -2.21. The van der Waals surface area contributed by atoms with Crippen molar-refractivity contribution in [3.63, 3.8) is 0 Å². The van der Waals surface area contributed by atoms with E-state index in [1.807, 2.05) is 14.1 Å². The molecule has 0 N–H and O–H groups in total. The molecule has 0 fully saturated rings. The van der Waals surface area contributed by atoms with Crippen molar-refractivity contribution in [1.29, 1.82) is 0 Å². The Morgan fingerprint density at radius 3 is 2.70 bits per heavy atom. The molecule has 0 bridgehead atoms. The number of benzene rings is 2. The number of fused-ring (bicyclic) bond motifs is 1. The second-order valence-electron chi connectivity index (χ2n) is 5.28. The van der Waals surface area contributed by atoms with Gasteiger partial charge in [0.2, 0.25) is 5.69 Å². The van der Waals surface area contributed by atoms with Gasteiger partial charge >= 0.3 is 0 Å².